The minimum absolute atomic E-state index is 0.102. The van der Waals surface area contributed by atoms with Gasteiger partial charge in [-0.3, -0.25) is 5.32 Å². The van der Waals surface area contributed by atoms with Gasteiger partial charge in [0.1, 0.15) is 0 Å². The molecule has 86 valence electrons. The second-order valence-corrected chi connectivity index (χ2v) is 4.68. The second kappa shape index (κ2) is 7.70. The van der Waals surface area contributed by atoms with E-state index in [0.717, 1.165) is 6.42 Å². The van der Waals surface area contributed by atoms with E-state index in [1.54, 1.807) is 0 Å². The van der Waals surface area contributed by atoms with Gasteiger partial charge < -0.3 is 0 Å². The minimum Gasteiger partial charge on any atom is -0.299 e. The zero-order valence-corrected chi connectivity index (χ0v) is 9.97. The average molecular weight is 208 g/mol. The van der Waals surface area contributed by atoms with Crippen molar-refractivity contribution in [2.24, 2.45) is 0 Å². The highest BCUT2D eigenvalue weighted by Crippen LogP contribution is 2.18. The highest BCUT2D eigenvalue weighted by atomic mass is 14.9. The van der Waals surface area contributed by atoms with Gasteiger partial charge in [0, 0.05) is 6.04 Å². The number of rotatable bonds is 7. The molecule has 1 aliphatic carbocycles. The van der Waals surface area contributed by atoms with Crippen LogP contribution < -0.4 is 5.32 Å². The van der Waals surface area contributed by atoms with Gasteiger partial charge in [-0.1, -0.05) is 45.4 Å². The van der Waals surface area contributed by atoms with Gasteiger partial charge in [-0.2, -0.15) is 5.26 Å². The van der Waals surface area contributed by atoms with Crippen LogP contribution in [-0.4, -0.2) is 12.1 Å². The second-order valence-electron chi connectivity index (χ2n) is 4.68. The molecule has 1 fully saturated rings. The Morgan fingerprint density at radius 3 is 2.60 bits per heavy atom. The number of hydrogen-bond donors (Lipinski definition) is 1. The van der Waals surface area contributed by atoms with Crippen LogP contribution >= 0.6 is 0 Å². The molecule has 0 aromatic carbocycles. The van der Waals surface area contributed by atoms with E-state index in [-0.39, 0.29) is 6.04 Å². The Kier molecular flexibility index (Phi) is 6.43. The van der Waals surface area contributed by atoms with Gasteiger partial charge in [0.25, 0.3) is 0 Å². The van der Waals surface area contributed by atoms with E-state index in [9.17, 15) is 0 Å². The molecule has 0 amide bonds. The van der Waals surface area contributed by atoms with E-state index in [2.05, 4.69) is 18.3 Å². The number of hydrogen-bond acceptors (Lipinski definition) is 2. The fourth-order valence-electron chi connectivity index (χ4n) is 2.34. The van der Waals surface area contributed by atoms with Crippen molar-refractivity contribution in [3.63, 3.8) is 0 Å². The number of unbranched alkanes of at least 4 members (excludes halogenated alkanes) is 3. The molecule has 0 aromatic rings. The molecule has 1 N–H and O–H groups in total. The highest BCUT2D eigenvalue weighted by molar-refractivity contribution is 4.92. The van der Waals surface area contributed by atoms with Crippen molar-refractivity contribution >= 4 is 0 Å². The predicted octanol–water partition coefficient (Wildman–Crippen LogP) is 3.38. The monoisotopic (exact) mass is 208 g/mol. The van der Waals surface area contributed by atoms with Gasteiger partial charge in [0.2, 0.25) is 0 Å². The van der Waals surface area contributed by atoms with Crippen LogP contribution in [0.4, 0.5) is 0 Å². The molecule has 0 heterocycles. The summed E-state index contributed by atoms with van der Waals surface area (Å²) in [7, 11) is 0. The summed E-state index contributed by atoms with van der Waals surface area (Å²) in [5, 5.41) is 12.5. The first kappa shape index (κ1) is 12.5. The van der Waals surface area contributed by atoms with Crippen LogP contribution in [0.5, 0.6) is 0 Å². The maximum absolute atomic E-state index is 9.03. The summed E-state index contributed by atoms with van der Waals surface area (Å²) in [6.45, 7) is 2.22. The SMILES string of the molecule is CCCCCCC(C#N)NC1CCCC1. The summed E-state index contributed by atoms with van der Waals surface area (Å²) in [6, 6.07) is 3.12. The number of nitrogens with zero attached hydrogens (tertiary/aromatic N) is 1. The summed E-state index contributed by atoms with van der Waals surface area (Å²) in [5.41, 5.74) is 0. The van der Waals surface area contributed by atoms with Crippen LogP contribution in [0, 0.1) is 11.3 Å². The fraction of sp³-hybridized carbons (Fsp3) is 0.923. The van der Waals surface area contributed by atoms with Gasteiger partial charge >= 0.3 is 0 Å². The maximum atomic E-state index is 9.03. The van der Waals surface area contributed by atoms with Gasteiger partial charge in [0.15, 0.2) is 0 Å². The molecule has 1 saturated carbocycles. The lowest BCUT2D eigenvalue weighted by atomic mass is 10.1. The van der Waals surface area contributed by atoms with Crippen molar-refractivity contribution in [3.8, 4) is 6.07 Å². The maximum Gasteiger partial charge on any atom is 0.0955 e. The van der Waals surface area contributed by atoms with Gasteiger partial charge in [0.05, 0.1) is 12.1 Å². The van der Waals surface area contributed by atoms with Crippen LogP contribution in [0.15, 0.2) is 0 Å². The quantitative estimate of drug-likeness (QED) is 0.651. The Morgan fingerprint density at radius 1 is 1.27 bits per heavy atom. The molecule has 15 heavy (non-hydrogen) atoms. The van der Waals surface area contributed by atoms with Crippen LogP contribution in [-0.2, 0) is 0 Å². The van der Waals surface area contributed by atoms with Crippen LogP contribution in [0.2, 0.25) is 0 Å². The Balaban J connectivity index is 2.09. The van der Waals surface area contributed by atoms with Crippen LogP contribution in [0.1, 0.15) is 64.7 Å². The summed E-state index contributed by atoms with van der Waals surface area (Å²) in [6.07, 6.45) is 11.3. The van der Waals surface area contributed by atoms with Crippen molar-refractivity contribution in [3.05, 3.63) is 0 Å². The highest BCUT2D eigenvalue weighted by Gasteiger charge is 2.18. The third kappa shape index (κ3) is 5.18. The lowest BCUT2D eigenvalue weighted by Gasteiger charge is -2.16. The topological polar surface area (TPSA) is 35.8 Å². The normalized spacial score (nSPS) is 18.9. The molecule has 0 bridgehead atoms. The summed E-state index contributed by atoms with van der Waals surface area (Å²) in [4.78, 5) is 0. The van der Waals surface area contributed by atoms with Gasteiger partial charge in [-0.15, -0.1) is 0 Å². The molecular weight excluding hydrogens is 184 g/mol. The lowest BCUT2D eigenvalue weighted by Crippen LogP contribution is -2.35. The van der Waals surface area contributed by atoms with Crippen molar-refractivity contribution in [2.75, 3.05) is 0 Å². The van der Waals surface area contributed by atoms with Crippen molar-refractivity contribution in [1.29, 1.82) is 5.26 Å². The molecule has 0 saturated heterocycles. The fourth-order valence-corrected chi connectivity index (χ4v) is 2.34. The molecule has 1 atom stereocenters. The molecular formula is C13H24N2. The molecule has 1 rings (SSSR count). The van der Waals surface area contributed by atoms with Crippen molar-refractivity contribution < 1.29 is 0 Å². The van der Waals surface area contributed by atoms with Gasteiger partial charge in [-0.05, 0) is 19.3 Å². The molecule has 1 aliphatic rings. The summed E-state index contributed by atoms with van der Waals surface area (Å²) in [5.74, 6) is 0. The zero-order valence-electron chi connectivity index (χ0n) is 9.97. The molecule has 2 heteroatoms. The Morgan fingerprint density at radius 2 is 2.00 bits per heavy atom. The Labute approximate surface area is 94.1 Å². The number of nitrogens with one attached hydrogen (secondary N) is 1. The third-order valence-corrected chi connectivity index (χ3v) is 3.29. The predicted molar refractivity (Wildman–Crippen MR) is 63.6 cm³/mol. The van der Waals surface area contributed by atoms with E-state index in [1.807, 2.05) is 0 Å². The Hall–Kier alpha value is -0.550. The molecule has 2 nitrogen and oxygen atoms in total. The van der Waals surface area contributed by atoms with E-state index in [1.165, 1.54) is 51.4 Å². The Bertz CT molecular complexity index is 189. The molecule has 1 unspecified atom stereocenters. The van der Waals surface area contributed by atoms with Gasteiger partial charge in [-0.25, -0.2) is 0 Å². The van der Waals surface area contributed by atoms with E-state index in [4.69, 9.17) is 5.26 Å². The first-order valence-corrected chi connectivity index (χ1v) is 6.52. The summed E-state index contributed by atoms with van der Waals surface area (Å²) >= 11 is 0. The zero-order chi connectivity index (χ0) is 10.9. The first-order valence-electron chi connectivity index (χ1n) is 6.52. The lowest BCUT2D eigenvalue weighted by molar-refractivity contribution is 0.449. The van der Waals surface area contributed by atoms with Crippen LogP contribution in [0.25, 0.3) is 0 Å². The number of nitriles is 1. The third-order valence-electron chi connectivity index (χ3n) is 3.29. The first-order chi connectivity index (χ1) is 7.36. The molecule has 0 radical (unpaired) electrons. The van der Waals surface area contributed by atoms with Crippen molar-refractivity contribution in [2.45, 2.75) is 76.8 Å². The molecule has 0 aromatic heterocycles. The van der Waals surface area contributed by atoms with Crippen LogP contribution in [0.3, 0.4) is 0 Å². The molecule has 0 spiro atoms. The van der Waals surface area contributed by atoms with E-state index >= 15 is 0 Å². The summed E-state index contributed by atoms with van der Waals surface area (Å²) < 4.78 is 0. The standard InChI is InChI=1S/C13H24N2/c1-2-3-4-5-10-13(11-14)15-12-8-6-7-9-12/h12-13,15H,2-10H2,1H3. The van der Waals surface area contributed by atoms with E-state index in [0.29, 0.717) is 6.04 Å². The smallest absolute Gasteiger partial charge is 0.0955 e. The van der Waals surface area contributed by atoms with E-state index < -0.39 is 0 Å². The minimum atomic E-state index is 0.102. The largest absolute Gasteiger partial charge is 0.299 e. The molecule has 0 aliphatic heterocycles. The average Bonchev–Trinajstić information content (AvgIpc) is 2.75. The van der Waals surface area contributed by atoms with Crippen molar-refractivity contribution in [1.82, 2.24) is 5.32 Å².